The van der Waals surface area contributed by atoms with Gasteiger partial charge in [-0.05, 0) is 18.3 Å². The van der Waals surface area contributed by atoms with Gasteiger partial charge in [-0.2, -0.15) is 0 Å². The molecule has 33 heavy (non-hydrogen) atoms. The van der Waals surface area contributed by atoms with Gasteiger partial charge in [-0.15, -0.1) is 0 Å². The van der Waals surface area contributed by atoms with Crippen LogP contribution in [0.4, 0.5) is 0 Å². The maximum atomic E-state index is 5.11. The van der Waals surface area contributed by atoms with Crippen LogP contribution < -0.4 is 0 Å². The van der Waals surface area contributed by atoms with Gasteiger partial charge in [0.25, 0.3) is 0 Å². The Balaban J connectivity index is 3.24. The van der Waals surface area contributed by atoms with E-state index in [0.29, 0.717) is 0 Å². The van der Waals surface area contributed by atoms with Gasteiger partial charge >= 0.3 is 0 Å². The molecule has 0 aromatic heterocycles. The molecule has 0 saturated heterocycles. The van der Waals surface area contributed by atoms with Crippen LogP contribution in [-0.4, -0.2) is 13.7 Å². The molecule has 1 heteroatoms. The molecule has 2 atom stereocenters. The number of hydrogen-bond acceptors (Lipinski definition) is 1. The molecule has 0 aromatic rings. The van der Waals surface area contributed by atoms with E-state index in [9.17, 15) is 0 Å². The molecule has 0 saturated carbocycles. The minimum Gasteiger partial charge on any atom is -0.385 e. The number of methoxy groups -OCH3 is 1. The van der Waals surface area contributed by atoms with Crippen LogP contribution in [0.2, 0.25) is 0 Å². The van der Waals surface area contributed by atoms with Crippen LogP contribution in [0.5, 0.6) is 0 Å². The van der Waals surface area contributed by atoms with Crippen molar-refractivity contribution < 1.29 is 4.74 Å². The molecule has 0 N–H and O–H groups in total. The predicted molar refractivity (Wildman–Crippen MR) is 151 cm³/mol. The standard InChI is InChI=1S/C32H66O/c1-5-6-7-8-12-16-21-26-31(2)28-23-18-15-19-24-29-32(3)27-22-17-13-10-9-11-14-20-25-30-33-4/h31-32H,5-30H2,1-4H3. The smallest absolute Gasteiger partial charge is 0.0462 e. The largest absolute Gasteiger partial charge is 0.385 e. The lowest BCUT2D eigenvalue weighted by Gasteiger charge is -2.12. The summed E-state index contributed by atoms with van der Waals surface area (Å²) in [7, 11) is 1.81. The molecule has 2 unspecified atom stereocenters. The topological polar surface area (TPSA) is 9.23 Å². The summed E-state index contributed by atoms with van der Waals surface area (Å²) in [6.45, 7) is 8.23. The Bertz CT molecular complexity index is 339. The van der Waals surface area contributed by atoms with E-state index in [4.69, 9.17) is 4.74 Å². The summed E-state index contributed by atoms with van der Waals surface area (Å²) < 4.78 is 5.11. The zero-order chi connectivity index (χ0) is 24.2. The van der Waals surface area contributed by atoms with Gasteiger partial charge in [0.15, 0.2) is 0 Å². The Kier molecular flexibility index (Phi) is 28.2. The zero-order valence-electron chi connectivity index (χ0n) is 23.9. The third kappa shape index (κ3) is 28.1. The zero-order valence-corrected chi connectivity index (χ0v) is 23.9. The van der Waals surface area contributed by atoms with Crippen molar-refractivity contribution in [2.45, 2.75) is 181 Å². The highest BCUT2D eigenvalue weighted by Crippen LogP contribution is 2.21. The Labute approximate surface area is 211 Å². The van der Waals surface area contributed by atoms with E-state index in [0.717, 1.165) is 18.4 Å². The minimum atomic E-state index is 0.941. The molecule has 0 amide bonds. The lowest BCUT2D eigenvalue weighted by Crippen LogP contribution is -1.96. The van der Waals surface area contributed by atoms with E-state index in [1.165, 1.54) is 161 Å². The molecule has 0 aromatic carbocycles. The molecule has 0 bridgehead atoms. The van der Waals surface area contributed by atoms with Crippen molar-refractivity contribution in [2.24, 2.45) is 11.8 Å². The summed E-state index contributed by atoms with van der Waals surface area (Å²) in [6, 6.07) is 0. The summed E-state index contributed by atoms with van der Waals surface area (Å²) in [5.74, 6) is 1.91. The van der Waals surface area contributed by atoms with Gasteiger partial charge in [0.2, 0.25) is 0 Å². The Morgan fingerprint density at radius 2 is 0.667 bits per heavy atom. The highest BCUT2D eigenvalue weighted by molar-refractivity contribution is 4.58. The number of ether oxygens (including phenoxy) is 1. The van der Waals surface area contributed by atoms with Gasteiger partial charge in [-0.25, -0.2) is 0 Å². The van der Waals surface area contributed by atoms with Crippen molar-refractivity contribution >= 4 is 0 Å². The molecular weight excluding hydrogens is 400 g/mol. The second-order valence-electron chi connectivity index (χ2n) is 11.4. The lowest BCUT2D eigenvalue weighted by molar-refractivity contribution is 0.192. The maximum absolute atomic E-state index is 5.11. The molecule has 0 fully saturated rings. The van der Waals surface area contributed by atoms with Gasteiger partial charge in [0.05, 0.1) is 0 Å². The van der Waals surface area contributed by atoms with Crippen LogP contribution in [0.3, 0.4) is 0 Å². The highest BCUT2D eigenvalue weighted by atomic mass is 16.5. The van der Waals surface area contributed by atoms with E-state index in [2.05, 4.69) is 20.8 Å². The molecule has 0 radical (unpaired) electrons. The molecule has 1 nitrogen and oxygen atoms in total. The third-order valence-corrected chi connectivity index (χ3v) is 7.74. The predicted octanol–water partition coefficient (Wildman–Crippen LogP) is 11.7. The van der Waals surface area contributed by atoms with E-state index in [-0.39, 0.29) is 0 Å². The molecular formula is C32H66O. The summed E-state index contributed by atoms with van der Waals surface area (Å²) in [4.78, 5) is 0. The van der Waals surface area contributed by atoms with Gasteiger partial charge in [-0.1, -0.05) is 175 Å². The first-order valence-electron chi connectivity index (χ1n) is 15.7. The second kappa shape index (κ2) is 28.2. The number of rotatable bonds is 28. The van der Waals surface area contributed by atoms with Crippen LogP contribution in [0.15, 0.2) is 0 Å². The first-order chi connectivity index (χ1) is 16.2. The third-order valence-electron chi connectivity index (χ3n) is 7.74. The molecule has 0 aliphatic heterocycles. The van der Waals surface area contributed by atoms with Crippen LogP contribution in [-0.2, 0) is 4.74 Å². The first-order valence-corrected chi connectivity index (χ1v) is 15.7. The van der Waals surface area contributed by atoms with Crippen LogP contribution >= 0.6 is 0 Å². The summed E-state index contributed by atoms with van der Waals surface area (Å²) in [5.41, 5.74) is 0. The van der Waals surface area contributed by atoms with E-state index in [1.54, 1.807) is 0 Å². The Morgan fingerprint density at radius 1 is 0.394 bits per heavy atom. The van der Waals surface area contributed by atoms with E-state index in [1.807, 2.05) is 7.11 Å². The van der Waals surface area contributed by atoms with Crippen molar-refractivity contribution in [3.63, 3.8) is 0 Å². The number of hydrogen-bond donors (Lipinski definition) is 0. The maximum Gasteiger partial charge on any atom is 0.0462 e. The molecule has 200 valence electrons. The average molecular weight is 467 g/mol. The van der Waals surface area contributed by atoms with Crippen molar-refractivity contribution in [1.29, 1.82) is 0 Å². The van der Waals surface area contributed by atoms with Crippen LogP contribution in [0, 0.1) is 11.8 Å². The van der Waals surface area contributed by atoms with Crippen molar-refractivity contribution in [1.82, 2.24) is 0 Å². The van der Waals surface area contributed by atoms with Crippen molar-refractivity contribution in [3.8, 4) is 0 Å². The summed E-state index contributed by atoms with van der Waals surface area (Å²) in [5, 5.41) is 0. The van der Waals surface area contributed by atoms with Gasteiger partial charge in [-0.3, -0.25) is 0 Å². The molecule has 0 heterocycles. The van der Waals surface area contributed by atoms with E-state index >= 15 is 0 Å². The van der Waals surface area contributed by atoms with Crippen molar-refractivity contribution in [2.75, 3.05) is 13.7 Å². The average Bonchev–Trinajstić information content (AvgIpc) is 2.81. The lowest BCUT2D eigenvalue weighted by atomic mass is 9.94. The normalized spacial score (nSPS) is 13.5. The fourth-order valence-electron chi connectivity index (χ4n) is 5.23. The van der Waals surface area contributed by atoms with E-state index < -0.39 is 0 Å². The minimum absolute atomic E-state index is 0.941. The highest BCUT2D eigenvalue weighted by Gasteiger charge is 2.04. The first kappa shape index (κ1) is 33.0. The monoisotopic (exact) mass is 467 g/mol. The Hall–Kier alpha value is -0.0400. The summed E-state index contributed by atoms with van der Waals surface area (Å²) >= 11 is 0. The second-order valence-corrected chi connectivity index (χ2v) is 11.4. The molecule has 0 aliphatic carbocycles. The fourth-order valence-corrected chi connectivity index (χ4v) is 5.23. The van der Waals surface area contributed by atoms with Crippen LogP contribution in [0.25, 0.3) is 0 Å². The number of unbranched alkanes of at least 4 members (excludes halogenated alkanes) is 18. The van der Waals surface area contributed by atoms with Crippen molar-refractivity contribution in [3.05, 3.63) is 0 Å². The van der Waals surface area contributed by atoms with Crippen LogP contribution in [0.1, 0.15) is 181 Å². The molecule has 0 rings (SSSR count). The summed E-state index contributed by atoms with van der Waals surface area (Å²) in [6.07, 6.45) is 36.1. The van der Waals surface area contributed by atoms with Gasteiger partial charge in [0, 0.05) is 13.7 Å². The van der Waals surface area contributed by atoms with Gasteiger partial charge < -0.3 is 4.74 Å². The molecule has 0 spiro atoms. The van der Waals surface area contributed by atoms with Gasteiger partial charge in [0.1, 0.15) is 0 Å². The molecule has 0 aliphatic rings. The SMILES string of the molecule is CCCCCCCCCC(C)CCCCCCCC(C)CCCCCCCCCCCOC. The Morgan fingerprint density at radius 3 is 0.970 bits per heavy atom. The quantitative estimate of drug-likeness (QED) is 0.104. The fraction of sp³-hybridized carbons (Fsp3) is 1.00.